The number of oxazole rings is 1. The summed E-state index contributed by atoms with van der Waals surface area (Å²) in [6.07, 6.45) is 1.26. The van der Waals surface area contributed by atoms with Gasteiger partial charge in [0.25, 0.3) is 0 Å². The van der Waals surface area contributed by atoms with Crippen molar-refractivity contribution in [1.29, 1.82) is 0 Å². The van der Waals surface area contributed by atoms with Crippen LogP contribution in [0.4, 0.5) is 0 Å². The molecule has 9 heteroatoms. The van der Waals surface area contributed by atoms with E-state index in [1.807, 2.05) is 11.0 Å². The van der Waals surface area contributed by atoms with Crippen molar-refractivity contribution in [3.05, 3.63) is 34.8 Å². The molecule has 3 fully saturated rings. The third-order valence-corrected chi connectivity index (χ3v) is 6.29. The number of ether oxygens (including phenoxy) is 2. The van der Waals surface area contributed by atoms with Crippen molar-refractivity contribution in [2.45, 2.75) is 25.0 Å². The van der Waals surface area contributed by atoms with Crippen LogP contribution in [0.3, 0.4) is 0 Å². The fourth-order valence-corrected chi connectivity index (χ4v) is 4.70. The highest BCUT2D eigenvalue weighted by Gasteiger charge is 2.51. The molecule has 9 nitrogen and oxygen atoms in total. The summed E-state index contributed by atoms with van der Waals surface area (Å²) in [7, 11) is 0. The van der Waals surface area contributed by atoms with E-state index in [0.29, 0.717) is 63.5 Å². The molecule has 3 saturated heterocycles. The fourth-order valence-electron chi connectivity index (χ4n) is 4.70. The lowest BCUT2D eigenvalue weighted by Gasteiger charge is -2.47. The molecule has 2 aromatic rings. The van der Waals surface area contributed by atoms with Gasteiger partial charge in [0.15, 0.2) is 5.58 Å². The lowest BCUT2D eigenvalue weighted by molar-refractivity contribution is -0.158. The first kappa shape index (κ1) is 19.3. The lowest BCUT2D eigenvalue weighted by atomic mass is 9.85. The van der Waals surface area contributed by atoms with Gasteiger partial charge in [-0.15, -0.1) is 0 Å². The van der Waals surface area contributed by atoms with E-state index in [1.165, 1.54) is 4.57 Å². The summed E-state index contributed by atoms with van der Waals surface area (Å²) >= 11 is 0. The normalized spacial score (nSPS) is 23.1. The maximum atomic E-state index is 12.7. The van der Waals surface area contributed by atoms with Crippen LogP contribution in [0.2, 0.25) is 0 Å². The molecule has 0 bridgehead atoms. The molecule has 2 amide bonds. The van der Waals surface area contributed by atoms with E-state index in [2.05, 4.69) is 0 Å². The predicted octanol–water partition coefficient (Wildman–Crippen LogP) is 0.461. The molecule has 1 atom stereocenters. The molecule has 1 spiro atoms. The van der Waals surface area contributed by atoms with Gasteiger partial charge in [0.05, 0.1) is 38.4 Å². The molecule has 0 aliphatic carbocycles. The van der Waals surface area contributed by atoms with Gasteiger partial charge in [-0.2, -0.15) is 0 Å². The van der Waals surface area contributed by atoms with Crippen molar-refractivity contribution < 1.29 is 23.5 Å². The monoisotopic (exact) mass is 415 g/mol. The Morgan fingerprint density at radius 2 is 1.83 bits per heavy atom. The van der Waals surface area contributed by atoms with Gasteiger partial charge < -0.3 is 23.7 Å². The Labute approximate surface area is 173 Å². The molecule has 30 heavy (non-hydrogen) atoms. The van der Waals surface area contributed by atoms with Gasteiger partial charge in [0.1, 0.15) is 12.1 Å². The third-order valence-electron chi connectivity index (χ3n) is 6.29. The topological polar surface area (TPSA) is 94.2 Å². The standard InChI is InChI=1S/C21H25N3O6/c25-18(22-5-7-28-8-6-22)9-15-10-21(29-12-15)13-23(14-21)19(26)11-24-16-3-1-2-4-17(16)30-20(24)27/h1-4,15H,5-14H2. The second-order valence-electron chi connectivity index (χ2n) is 8.43. The van der Waals surface area contributed by atoms with Gasteiger partial charge in [-0.3, -0.25) is 14.2 Å². The first-order valence-electron chi connectivity index (χ1n) is 10.4. The Morgan fingerprint density at radius 3 is 2.63 bits per heavy atom. The van der Waals surface area contributed by atoms with Crippen molar-refractivity contribution >= 4 is 22.9 Å². The summed E-state index contributed by atoms with van der Waals surface area (Å²) in [5, 5.41) is 0. The lowest BCUT2D eigenvalue weighted by Crippen LogP contribution is -2.63. The van der Waals surface area contributed by atoms with Crippen LogP contribution in [0.1, 0.15) is 12.8 Å². The van der Waals surface area contributed by atoms with Crippen LogP contribution in [0.25, 0.3) is 11.1 Å². The molecule has 1 aromatic heterocycles. The van der Waals surface area contributed by atoms with Gasteiger partial charge in [-0.05, 0) is 24.5 Å². The maximum Gasteiger partial charge on any atom is 0.420 e. The molecule has 1 unspecified atom stereocenters. The first-order valence-corrected chi connectivity index (χ1v) is 10.4. The second-order valence-corrected chi connectivity index (χ2v) is 8.43. The summed E-state index contributed by atoms with van der Waals surface area (Å²) < 4.78 is 17.9. The molecular weight excluding hydrogens is 390 g/mol. The molecule has 3 aliphatic rings. The summed E-state index contributed by atoms with van der Waals surface area (Å²) in [5.41, 5.74) is 0.738. The third kappa shape index (κ3) is 3.52. The Balaban J connectivity index is 1.15. The van der Waals surface area contributed by atoms with Crippen molar-refractivity contribution in [3.63, 3.8) is 0 Å². The zero-order valence-corrected chi connectivity index (χ0v) is 16.7. The van der Waals surface area contributed by atoms with Crippen molar-refractivity contribution in [3.8, 4) is 0 Å². The Bertz CT molecular complexity index is 1020. The number of carbonyl (C=O) groups excluding carboxylic acids is 2. The van der Waals surface area contributed by atoms with E-state index in [-0.39, 0.29) is 29.9 Å². The van der Waals surface area contributed by atoms with Gasteiger partial charge in [-0.25, -0.2) is 4.79 Å². The summed E-state index contributed by atoms with van der Waals surface area (Å²) in [6.45, 7) is 4.00. The first-order chi connectivity index (χ1) is 14.5. The number of hydrogen-bond donors (Lipinski definition) is 0. The highest BCUT2D eigenvalue weighted by molar-refractivity contribution is 5.80. The van der Waals surface area contributed by atoms with Gasteiger partial charge in [-0.1, -0.05) is 12.1 Å². The molecule has 4 heterocycles. The average molecular weight is 415 g/mol. The fraction of sp³-hybridized carbons (Fsp3) is 0.571. The van der Waals surface area contributed by atoms with E-state index < -0.39 is 5.76 Å². The van der Waals surface area contributed by atoms with Crippen molar-refractivity contribution in [2.75, 3.05) is 46.0 Å². The molecule has 160 valence electrons. The quantitative estimate of drug-likeness (QED) is 0.720. The highest BCUT2D eigenvalue weighted by atomic mass is 16.5. The number of fused-ring (bicyclic) bond motifs is 1. The zero-order valence-electron chi connectivity index (χ0n) is 16.7. The van der Waals surface area contributed by atoms with Crippen molar-refractivity contribution in [1.82, 2.24) is 14.4 Å². The smallest absolute Gasteiger partial charge is 0.408 e. The number of likely N-dealkylation sites (tertiary alicyclic amines) is 1. The number of rotatable bonds is 4. The van der Waals surface area contributed by atoms with Crippen molar-refractivity contribution in [2.24, 2.45) is 5.92 Å². The van der Waals surface area contributed by atoms with Crippen LogP contribution < -0.4 is 5.76 Å². The number of carbonyl (C=O) groups is 2. The predicted molar refractivity (Wildman–Crippen MR) is 106 cm³/mol. The zero-order chi connectivity index (χ0) is 20.7. The van der Waals surface area contributed by atoms with Crippen LogP contribution in [0.15, 0.2) is 33.5 Å². The van der Waals surface area contributed by atoms with E-state index in [9.17, 15) is 14.4 Å². The van der Waals surface area contributed by atoms with Crippen LogP contribution >= 0.6 is 0 Å². The van der Waals surface area contributed by atoms with Crippen LogP contribution in [-0.2, 0) is 25.6 Å². The highest BCUT2D eigenvalue weighted by Crippen LogP contribution is 2.39. The molecule has 5 rings (SSSR count). The number of nitrogens with zero attached hydrogens (tertiary/aromatic N) is 3. The Hall–Kier alpha value is -2.65. The largest absolute Gasteiger partial charge is 0.420 e. The minimum absolute atomic E-state index is 0.0507. The Morgan fingerprint density at radius 1 is 1.07 bits per heavy atom. The van der Waals surface area contributed by atoms with E-state index in [0.717, 1.165) is 6.42 Å². The Kier molecular flexibility index (Phi) is 4.86. The molecule has 0 radical (unpaired) electrons. The molecule has 1 aromatic carbocycles. The van der Waals surface area contributed by atoms with E-state index in [1.54, 1.807) is 23.1 Å². The van der Waals surface area contributed by atoms with Crippen LogP contribution in [-0.4, -0.2) is 77.8 Å². The van der Waals surface area contributed by atoms with Gasteiger partial charge in [0.2, 0.25) is 11.8 Å². The maximum absolute atomic E-state index is 12.7. The van der Waals surface area contributed by atoms with Gasteiger partial charge in [0, 0.05) is 19.5 Å². The summed E-state index contributed by atoms with van der Waals surface area (Å²) in [4.78, 5) is 40.8. The molecule has 3 aliphatic heterocycles. The molecule has 0 N–H and O–H groups in total. The van der Waals surface area contributed by atoms with Gasteiger partial charge >= 0.3 is 5.76 Å². The van der Waals surface area contributed by atoms with E-state index in [4.69, 9.17) is 13.9 Å². The minimum atomic E-state index is -0.529. The minimum Gasteiger partial charge on any atom is -0.408 e. The van der Waals surface area contributed by atoms with Crippen LogP contribution in [0.5, 0.6) is 0 Å². The SMILES string of the molecule is O=C(CC1COC2(C1)CN(C(=O)Cn1c(=O)oc3ccccc31)C2)N1CCOCC1. The number of benzene rings is 1. The number of hydrogen-bond acceptors (Lipinski definition) is 6. The van der Waals surface area contributed by atoms with Crippen LogP contribution in [0, 0.1) is 5.92 Å². The second kappa shape index (κ2) is 7.55. The molecule has 0 saturated carbocycles. The number of para-hydroxylation sites is 2. The summed E-state index contributed by atoms with van der Waals surface area (Å²) in [5.74, 6) is -0.329. The molecular formula is C21H25N3O6. The number of morpholine rings is 1. The average Bonchev–Trinajstić information content (AvgIpc) is 3.29. The summed E-state index contributed by atoms with van der Waals surface area (Å²) in [6, 6.07) is 7.07. The van der Waals surface area contributed by atoms with E-state index >= 15 is 0 Å². The number of aromatic nitrogens is 1. The number of amides is 2.